The molecule has 1 aromatic heterocycles. The molecule has 0 aromatic carbocycles. The molecule has 1 N–H and O–H groups in total. The zero-order valence-electron chi connectivity index (χ0n) is 10.6. The van der Waals surface area contributed by atoms with Crippen LogP contribution in [0.5, 0.6) is 0 Å². The van der Waals surface area contributed by atoms with Gasteiger partial charge in [-0.25, -0.2) is 4.98 Å². The van der Waals surface area contributed by atoms with E-state index in [1.54, 1.807) is 0 Å². The Morgan fingerprint density at radius 2 is 2.15 bits per heavy atom. The van der Waals surface area contributed by atoms with Crippen LogP contribution >= 0.6 is 0 Å². The lowest BCUT2D eigenvalue weighted by Crippen LogP contribution is -2.37. The number of H-pyrrole nitrogens is 1. The maximum Gasteiger partial charge on any atom is 0.412 e. The Bertz CT molecular complexity index is 559. The SMILES string of the molecule is O=C(c1n[nH]c(C2CC2)n1)N1CC=C(C(F)(F)F)CC1. The minimum absolute atomic E-state index is 0.0377. The molecule has 0 radical (unpaired) electrons. The van der Waals surface area contributed by atoms with Crippen molar-refractivity contribution < 1.29 is 18.0 Å². The van der Waals surface area contributed by atoms with Gasteiger partial charge in [-0.1, -0.05) is 6.08 Å². The van der Waals surface area contributed by atoms with Gasteiger partial charge in [0, 0.05) is 24.6 Å². The second-order valence-corrected chi connectivity index (χ2v) is 5.05. The Morgan fingerprint density at radius 3 is 2.70 bits per heavy atom. The van der Waals surface area contributed by atoms with Gasteiger partial charge < -0.3 is 4.90 Å². The average Bonchev–Trinajstić information content (AvgIpc) is 3.15. The fourth-order valence-electron chi connectivity index (χ4n) is 2.16. The minimum atomic E-state index is -4.31. The van der Waals surface area contributed by atoms with Crippen molar-refractivity contribution in [1.29, 1.82) is 0 Å². The normalized spacial score (nSPS) is 19.9. The molecule has 8 heteroatoms. The summed E-state index contributed by atoms with van der Waals surface area (Å²) >= 11 is 0. The molecule has 1 aliphatic carbocycles. The number of aromatic amines is 1. The zero-order chi connectivity index (χ0) is 14.3. The predicted molar refractivity (Wildman–Crippen MR) is 63.0 cm³/mol. The van der Waals surface area contributed by atoms with Gasteiger partial charge in [0.25, 0.3) is 5.91 Å². The van der Waals surface area contributed by atoms with Crippen LogP contribution in [-0.2, 0) is 0 Å². The van der Waals surface area contributed by atoms with Gasteiger partial charge in [0.15, 0.2) is 0 Å². The topological polar surface area (TPSA) is 61.9 Å². The van der Waals surface area contributed by atoms with Gasteiger partial charge in [-0.2, -0.15) is 13.2 Å². The predicted octanol–water partition coefficient (Wildman–Crippen LogP) is 2.02. The first kappa shape index (κ1) is 13.1. The molecular weight excluding hydrogens is 273 g/mol. The molecule has 2 heterocycles. The van der Waals surface area contributed by atoms with Crippen LogP contribution < -0.4 is 0 Å². The van der Waals surface area contributed by atoms with Gasteiger partial charge in [0.05, 0.1) is 0 Å². The van der Waals surface area contributed by atoms with Gasteiger partial charge >= 0.3 is 6.18 Å². The molecule has 1 amide bonds. The number of carbonyl (C=O) groups is 1. The molecule has 0 spiro atoms. The second-order valence-electron chi connectivity index (χ2n) is 5.05. The number of nitrogens with one attached hydrogen (secondary N) is 1. The fourth-order valence-corrected chi connectivity index (χ4v) is 2.16. The van der Waals surface area contributed by atoms with Gasteiger partial charge in [-0.15, -0.1) is 5.10 Å². The molecule has 2 aliphatic rings. The van der Waals surface area contributed by atoms with Crippen molar-refractivity contribution in [2.75, 3.05) is 13.1 Å². The van der Waals surface area contributed by atoms with E-state index in [1.807, 2.05) is 0 Å². The van der Waals surface area contributed by atoms with E-state index in [1.165, 1.54) is 4.90 Å². The van der Waals surface area contributed by atoms with E-state index < -0.39 is 17.7 Å². The molecule has 108 valence electrons. The summed E-state index contributed by atoms with van der Waals surface area (Å²) in [5, 5.41) is 6.57. The lowest BCUT2D eigenvalue weighted by atomic mass is 10.1. The van der Waals surface area contributed by atoms with E-state index in [9.17, 15) is 18.0 Å². The van der Waals surface area contributed by atoms with E-state index in [-0.39, 0.29) is 25.3 Å². The summed E-state index contributed by atoms with van der Waals surface area (Å²) in [7, 11) is 0. The maximum atomic E-state index is 12.5. The van der Waals surface area contributed by atoms with Gasteiger partial charge in [0.2, 0.25) is 5.82 Å². The summed E-state index contributed by atoms with van der Waals surface area (Å²) in [6, 6.07) is 0. The smallest absolute Gasteiger partial charge is 0.332 e. The van der Waals surface area contributed by atoms with Crippen LogP contribution in [-0.4, -0.2) is 45.3 Å². The van der Waals surface area contributed by atoms with Crippen molar-refractivity contribution in [2.45, 2.75) is 31.4 Å². The summed E-state index contributed by atoms with van der Waals surface area (Å²) in [6.07, 6.45) is -1.38. The number of rotatable bonds is 2. The Balaban J connectivity index is 1.67. The Morgan fingerprint density at radius 1 is 1.40 bits per heavy atom. The summed E-state index contributed by atoms with van der Waals surface area (Å²) < 4.78 is 37.5. The number of hydrogen-bond donors (Lipinski definition) is 1. The fraction of sp³-hybridized carbons (Fsp3) is 0.583. The Hall–Kier alpha value is -1.86. The van der Waals surface area contributed by atoms with Crippen LogP contribution in [0.1, 0.15) is 41.6 Å². The van der Waals surface area contributed by atoms with E-state index in [0.29, 0.717) is 11.7 Å². The van der Waals surface area contributed by atoms with Gasteiger partial charge in [-0.3, -0.25) is 9.89 Å². The van der Waals surface area contributed by atoms with E-state index in [2.05, 4.69) is 15.2 Å². The van der Waals surface area contributed by atoms with Crippen molar-refractivity contribution in [3.63, 3.8) is 0 Å². The quantitative estimate of drug-likeness (QED) is 0.846. The minimum Gasteiger partial charge on any atom is -0.332 e. The molecule has 1 saturated carbocycles. The molecular formula is C12H13F3N4O. The first-order valence-corrected chi connectivity index (χ1v) is 6.43. The zero-order valence-corrected chi connectivity index (χ0v) is 10.6. The molecule has 1 fully saturated rings. The van der Waals surface area contributed by atoms with E-state index in [4.69, 9.17) is 0 Å². The highest BCUT2D eigenvalue weighted by Gasteiger charge is 2.36. The molecule has 3 rings (SSSR count). The van der Waals surface area contributed by atoms with Crippen LogP contribution in [0.2, 0.25) is 0 Å². The molecule has 0 saturated heterocycles. The lowest BCUT2D eigenvalue weighted by Gasteiger charge is -2.26. The number of amides is 1. The Kier molecular flexibility index (Phi) is 3.02. The van der Waals surface area contributed by atoms with Crippen molar-refractivity contribution in [1.82, 2.24) is 20.1 Å². The molecule has 0 atom stereocenters. The third-order valence-electron chi connectivity index (χ3n) is 3.52. The number of aromatic nitrogens is 3. The average molecular weight is 286 g/mol. The number of nitrogens with zero attached hydrogens (tertiary/aromatic N) is 3. The third-order valence-corrected chi connectivity index (χ3v) is 3.52. The van der Waals surface area contributed by atoms with E-state index in [0.717, 1.165) is 18.9 Å². The standard InChI is InChI=1S/C12H13F3N4O/c13-12(14,15)8-3-5-19(6-4-8)11(20)10-16-9(17-18-10)7-1-2-7/h3,7H,1-2,4-6H2,(H,16,17,18). The molecule has 20 heavy (non-hydrogen) atoms. The Labute approximate surface area is 112 Å². The highest BCUT2D eigenvalue weighted by atomic mass is 19.4. The van der Waals surface area contributed by atoms with Crippen molar-refractivity contribution in [3.05, 3.63) is 23.3 Å². The third kappa shape index (κ3) is 2.54. The number of halogens is 3. The molecule has 0 unspecified atom stereocenters. The molecule has 1 aromatic rings. The van der Waals surface area contributed by atoms with Crippen molar-refractivity contribution >= 4 is 5.91 Å². The maximum absolute atomic E-state index is 12.5. The largest absolute Gasteiger partial charge is 0.412 e. The second kappa shape index (κ2) is 4.60. The summed E-state index contributed by atoms with van der Waals surface area (Å²) in [4.78, 5) is 17.5. The van der Waals surface area contributed by atoms with Crippen LogP contribution in [0.3, 0.4) is 0 Å². The summed E-state index contributed by atoms with van der Waals surface area (Å²) in [5.41, 5.74) is -0.574. The molecule has 1 aliphatic heterocycles. The van der Waals surface area contributed by atoms with Crippen LogP contribution in [0.25, 0.3) is 0 Å². The van der Waals surface area contributed by atoms with Crippen molar-refractivity contribution in [3.8, 4) is 0 Å². The first-order valence-electron chi connectivity index (χ1n) is 6.43. The van der Waals surface area contributed by atoms with Crippen LogP contribution in [0.15, 0.2) is 11.6 Å². The van der Waals surface area contributed by atoms with Crippen molar-refractivity contribution in [2.24, 2.45) is 0 Å². The lowest BCUT2D eigenvalue weighted by molar-refractivity contribution is -0.0957. The van der Waals surface area contributed by atoms with Gasteiger partial charge in [0.1, 0.15) is 5.82 Å². The molecule has 0 bridgehead atoms. The first-order chi connectivity index (χ1) is 9.45. The van der Waals surface area contributed by atoms with Gasteiger partial charge in [-0.05, 0) is 19.3 Å². The summed E-state index contributed by atoms with van der Waals surface area (Å²) in [6.45, 7) is -0.0154. The van der Waals surface area contributed by atoms with Crippen LogP contribution in [0.4, 0.5) is 13.2 Å². The monoisotopic (exact) mass is 286 g/mol. The molecule has 5 nitrogen and oxygen atoms in total. The number of carbonyl (C=O) groups excluding carboxylic acids is 1. The van der Waals surface area contributed by atoms with E-state index >= 15 is 0 Å². The number of alkyl halides is 3. The highest BCUT2D eigenvalue weighted by Crippen LogP contribution is 2.37. The van der Waals surface area contributed by atoms with Crippen LogP contribution in [0, 0.1) is 0 Å². The number of hydrogen-bond acceptors (Lipinski definition) is 3. The highest BCUT2D eigenvalue weighted by molar-refractivity contribution is 5.90. The summed E-state index contributed by atoms with van der Waals surface area (Å²) in [5.74, 6) is 0.653.